The molecule has 0 radical (unpaired) electrons. The summed E-state index contributed by atoms with van der Waals surface area (Å²) in [6.07, 6.45) is 3.95. The van der Waals surface area contributed by atoms with Gasteiger partial charge in [-0.2, -0.15) is 0 Å². The predicted octanol–water partition coefficient (Wildman–Crippen LogP) is 2.88. The number of benzene rings is 2. The lowest BCUT2D eigenvalue weighted by atomic mass is 10.1. The highest BCUT2D eigenvalue weighted by Gasteiger charge is 2.07. The number of aromatic nitrogens is 3. The average Bonchev–Trinajstić information content (AvgIpc) is 2.86. The molecule has 0 atom stereocenters. The molecule has 0 bridgehead atoms. The lowest BCUT2D eigenvalue weighted by molar-refractivity contribution is -0.689. The first-order chi connectivity index (χ1) is 10.2. The maximum atomic E-state index is 4.44. The van der Waals surface area contributed by atoms with Gasteiger partial charge >= 0.3 is 0 Å². The van der Waals surface area contributed by atoms with Crippen molar-refractivity contribution >= 4 is 0 Å². The summed E-state index contributed by atoms with van der Waals surface area (Å²) >= 11 is 0. The quantitative estimate of drug-likeness (QED) is 0.673. The molecule has 0 aliphatic heterocycles. The molecule has 3 aromatic rings. The molecule has 0 saturated heterocycles. The molecule has 2 aromatic carbocycles. The highest BCUT2D eigenvalue weighted by molar-refractivity contribution is 5.22. The first-order valence-corrected chi connectivity index (χ1v) is 7.22. The molecule has 0 amide bonds. The minimum absolute atomic E-state index is 0.808. The Balaban J connectivity index is 1.71. The van der Waals surface area contributed by atoms with Gasteiger partial charge in [-0.25, -0.2) is 4.57 Å². The summed E-state index contributed by atoms with van der Waals surface area (Å²) in [4.78, 5) is 0. The Bertz CT molecular complexity index is 681. The number of rotatable bonds is 4. The van der Waals surface area contributed by atoms with Crippen LogP contribution in [-0.4, -0.2) is 9.78 Å². The summed E-state index contributed by atoms with van der Waals surface area (Å²) in [7, 11) is 0. The van der Waals surface area contributed by atoms with Gasteiger partial charge in [-0.15, -0.1) is 4.68 Å². The van der Waals surface area contributed by atoms with Gasteiger partial charge in [-0.05, 0) is 25.0 Å². The van der Waals surface area contributed by atoms with Gasteiger partial charge in [0.1, 0.15) is 6.54 Å². The van der Waals surface area contributed by atoms with Crippen molar-refractivity contribution < 1.29 is 4.57 Å². The van der Waals surface area contributed by atoms with Crippen LogP contribution in [0.2, 0.25) is 0 Å². The van der Waals surface area contributed by atoms with Crippen LogP contribution in [0.4, 0.5) is 0 Å². The normalized spacial score (nSPS) is 10.8. The van der Waals surface area contributed by atoms with Gasteiger partial charge in [0, 0.05) is 5.10 Å². The number of hydrogen-bond acceptors (Lipinski definition) is 1. The van der Waals surface area contributed by atoms with E-state index in [-0.39, 0.29) is 0 Å². The second-order valence-corrected chi connectivity index (χ2v) is 5.59. The maximum Gasteiger partial charge on any atom is 0.265 e. The second-order valence-electron chi connectivity index (χ2n) is 5.59. The van der Waals surface area contributed by atoms with Crippen LogP contribution in [0, 0.1) is 13.8 Å². The van der Waals surface area contributed by atoms with E-state index in [1.165, 1.54) is 22.3 Å². The van der Waals surface area contributed by atoms with Crippen molar-refractivity contribution in [2.24, 2.45) is 0 Å². The fourth-order valence-corrected chi connectivity index (χ4v) is 2.55. The minimum atomic E-state index is 0.808. The van der Waals surface area contributed by atoms with E-state index < -0.39 is 0 Å². The fraction of sp³-hybridized carbons (Fsp3) is 0.222. The van der Waals surface area contributed by atoms with Crippen LogP contribution in [0.25, 0.3) is 0 Å². The third-order valence-electron chi connectivity index (χ3n) is 3.50. The number of nitrogens with zero attached hydrogens (tertiary/aromatic N) is 3. The topological polar surface area (TPSA) is 21.7 Å². The molecular weight excluding hydrogens is 258 g/mol. The van der Waals surface area contributed by atoms with Crippen LogP contribution in [0.5, 0.6) is 0 Å². The number of aryl methyl sites for hydroxylation is 2. The van der Waals surface area contributed by atoms with E-state index in [4.69, 9.17) is 0 Å². The highest BCUT2D eigenvalue weighted by atomic mass is 15.3. The molecule has 0 unspecified atom stereocenters. The van der Waals surface area contributed by atoms with Crippen LogP contribution < -0.4 is 4.57 Å². The molecule has 1 aromatic heterocycles. The number of hydrogen-bond donors (Lipinski definition) is 0. The second kappa shape index (κ2) is 5.92. The van der Waals surface area contributed by atoms with E-state index in [1.54, 1.807) is 0 Å². The molecule has 106 valence electrons. The summed E-state index contributed by atoms with van der Waals surface area (Å²) < 4.78 is 4.09. The SMILES string of the molecule is Cc1cccc(Cn2c[n+](Cc3cccc(C)c3)cn2)c1. The first kappa shape index (κ1) is 13.6. The van der Waals surface area contributed by atoms with Crippen molar-refractivity contribution in [1.29, 1.82) is 0 Å². The van der Waals surface area contributed by atoms with Crippen molar-refractivity contribution in [3.63, 3.8) is 0 Å². The van der Waals surface area contributed by atoms with Gasteiger partial charge in [0.05, 0.1) is 6.54 Å². The van der Waals surface area contributed by atoms with Gasteiger partial charge in [-0.1, -0.05) is 59.7 Å². The zero-order valence-corrected chi connectivity index (χ0v) is 12.5. The van der Waals surface area contributed by atoms with Crippen molar-refractivity contribution in [3.05, 3.63) is 83.4 Å². The van der Waals surface area contributed by atoms with Crippen molar-refractivity contribution in [2.75, 3.05) is 0 Å². The van der Waals surface area contributed by atoms with Gasteiger partial charge in [0.15, 0.2) is 0 Å². The molecule has 21 heavy (non-hydrogen) atoms. The van der Waals surface area contributed by atoms with Crippen LogP contribution in [-0.2, 0) is 13.1 Å². The molecule has 0 saturated carbocycles. The Morgan fingerprint density at radius 3 is 2.33 bits per heavy atom. The van der Waals surface area contributed by atoms with Gasteiger partial charge < -0.3 is 0 Å². The summed E-state index contributed by atoms with van der Waals surface area (Å²) in [5.74, 6) is 0. The molecule has 3 heteroatoms. The third kappa shape index (κ3) is 3.57. The molecular formula is C18H20N3+. The molecule has 0 spiro atoms. The average molecular weight is 278 g/mol. The molecule has 0 fully saturated rings. The van der Waals surface area contributed by atoms with E-state index in [9.17, 15) is 0 Å². The summed E-state index contributed by atoms with van der Waals surface area (Å²) in [6, 6.07) is 17.1. The van der Waals surface area contributed by atoms with E-state index in [0.29, 0.717) is 0 Å². The lowest BCUT2D eigenvalue weighted by Crippen LogP contribution is -2.31. The fourth-order valence-electron chi connectivity index (χ4n) is 2.55. The van der Waals surface area contributed by atoms with Crippen LogP contribution >= 0.6 is 0 Å². The summed E-state index contributed by atoms with van der Waals surface area (Å²) in [5.41, 5.74) is 5.16. The molecule has 0 aliphatic carbocycles. The standard InChI is InChI=1S/C18H20N3/c1-15-5-3-7-17(9-15)11-20-13-19-21(14-20)12-18-8-4-6-16(2)10-18/h3-10,13-14H,11-12H2,1-2H3/q+1. The first-order valence-electron chi connectivity index (χ1n) is 7.22. The smallest absolute Gasteiger partial charge is 0.233 e. The summed E-state index contributed by atoms with van der Waals surface area (Å²) in [6.45, 7) is 5.90. The Morgan fingerprint density at radius 2 is 1.62 bits per heavy atom. The van der Waals surface area contributed by atoms with Crippen LogP contribution in [0.15, 0.2) is 61.2 Å². The van der Waals surface area contributed by atoms with E-state index in [1.807, 2.05) is 11.0 Å². The van der Waals surface area contributed by atoms with Crippen molar-refractivity contribution in [3.8, 4) is 0 Å². The molecule has 0 N–H and O–H groups in total. The third-order valence-corrected chi connectivity index (χ3v) is 3.50. The molecule has 0 aliphatic rings. The highest BCUT2D eigenvalue weighted by Crippen LogP contribution is 2.05. The zero-order chi connectivity index (χ0) is 14.7. The minimum Gasteiger partial charge on any atom is -0.233 e. The molecule has 3 nitrogen and oxygen atoms in total. The van der Waals surface area contributed by atoms with Crippen LogP contribution in [0.3, 0.4) is 0 Å². The van der Waals surface area contributed by atoms with Gasteiger partial charge in [0.25, 0.3) is 6.33 Å². The van der Waals surface area contributed by atoms with E-state index >= 15 is 0 Å². The Labute approximate surface area is 125 Å². The van der Waals surface area contributed by atoms with E-state index in [0.717, 1.165) is 13.1 Å². The van der Waals surface area contributed by atoms with Crippen molar-refractivity contribution in [1.82, 2.24) is 9.78 Å². The summed E-state index contributed by atoms with van der Waals surface area (Å²) in [5, 5.41) is 4.44. The monoisotopic (exact) mass is 278 g/mol. The Hall–Kier alpha value is -2.42. The maximum absolute atomic E-state index is 4.44. The van der Waals surface area contributed by atoms with Crippen LogP contribution in [0.1, 0.15) is 22.3 Å². The van der Waals surface area contributed by atoms with Gasteiger partial charge in [0.2, 0.25) is 6.33 Å². The van der Waals surface area contributed by atoms with Gasteiger partial charge in [-0.3, -0.25) is 0 Å². The Kier molecular flexibility index (Phi) is 3.82. The molecule has 3 rings (SSSR count). The predicted molar refractivity (Wildman–Crippen MR) is 83.0 cm³/mol. The molecule has 1 heterocycles. The van der Waals surface area contributed by atoms with E-state index in [2.05, 4.69) is 78.4 Å². The largest absolute Gasteiger partial charge is 0.265 e. The Morgan fingerprint density at radius 1 is 0.952 bits per heavy atom. The van der Waals surface area contributed by atoms with Crippen molar-refractivity contribution in [2.45, 2.75) is 26.9 Å². The zero-order valence-electron chi connectivity index (χ0n) is 12.5. The lowest BCUT2D eigenvalue weighted by Gasteiger charge is -2.00.